The molecule has 2 heterocycles. The number of aliphatic carboxylic acids is 1. The van der Waals surface area contributed by atoms with Gasteiger partial charge in [-0.1, -0.05) is 0 Å². The molecule has 1 aliphatic heterocycles. The number of nitriles is 1. The highest BCUT2D eigenvalue weighted by atomic mass is 16.5. The maximum Gasteiger partial charge on any atom is 0.101 e. The quantitative estimate of drug-likeness (QED) is 0.604. The van der Waals surface area contributed by atoms with E-state index in [2.05, 4.69) is 4.57 Å². The molecule has 0 radical (unpaired) electrons. The minimum atomic E-state index is -1.45. The normalized spacial score (nSPS) is 19.1. The predicted molar refractivity (Wildman–Crippen MR) is 71.5 cm³/mol. The van der Waals surface area contributed by atoms with Gasteiger partial charge >= 0.3 is 0 Å². The highest BCUT2D eigenvalue weighted by molar-refractivity contribution is 5.95. The molecule has 0 aromatic carbocycles. The lowest BCUT2D eigenvalue weighted by atomic mass is 10.1. The van der Waals surface area contributed by atoms with E-state index < -0.39 is 5.97 Å². The molecule has 5 heteroatoms. The Labute approximate surface area is 118 Å². The third kappa shape index (κ3) is 2.91. The van der Waals surface area contributed by atoms with Crippen molar-refractivity contribution in [2.45, 2.75) is 39.3 Å². The molecule has 0 N–H and O–H groups in total. The fourth-order valence-corrected chi connectivity index (χ4v) is 2.54. The molecule has 106 valence electrons. The zero-order chi connectivity index (χ0) is 14.7. The van der Waals surface area contributed by atoms with Crippen LogP contribution in [-0.2, 0) is 16.1 Å². The predicted octanol–water partition coefficient (Wildman–Crippen LogP) is 0.941. The first-order valence-corrected chi connectivity index (χ1v) is 6.64. The second kappa shape index (κ2) is 5.93. The molecule has 1 aliphatic rings. The van der Waals surface area contributed by atoms with E-state index in [1.54, 1.807) is 6.07 Å². The number of aromatic nitrogens is 1. The monoisotopic (exact) mass is 273 g/mol. The number of nitrogens with zero attached hydrogens (tertiary/aromatic N) is 2. The average Bonchev–Trinajstić information content (AvgIpc) is 3.00. The van der Waals surface area contributed by atoms with Crippen molar-refractivity contribution in [3.05, 3.63) is 28.6 Å². The second-order valence-electron chi connectivity index (χ2n) is 5.03. The summed E-state index contributed by atoms with van der Waals surface area (Å²) < 4.78 is 7.73. The van der Waals surface area contributed by atoms with Gasteiger partial charge in [0.1, 0.15) is 6.07 Å². The van der Waals surface area contributed by atoms with Crippen LogP contribution in [0.4, 0.5) is 0 Å². The van der Waals surface area contributed by atoms with Crippen molar-refractivity contribution in [1.82, 2.24) is 4.57 Å². The summed E-state index contributed by atoms with van der Waals surface area (Å²) in [5.41, 5.74) is 2.34. The fraction of sp³-hybridized carbons (Fsp3) is 0.467. The van der Waals surface area contributed by atoms with E-state index in [1.165, 1.54) is 6.08 Å². The number of rotatable bonds is 4. The Hall–Kier alpha value is -2.06. The number of ether oxygens (including phenoxy) is 1. The van der Waals surface area contributed by atoms with Crippen molar-refractivity contribution in [1.29, 1.82) is 5.26 Å². The van der Waals surface area contributed by atoms with Gasteiger partial charge in [-0.2, -0.15) is 5.26 Å². The lowest BCUT2D eigenvalue weighted by Crippen LogP contribution is -2.23. The fourth-order valence-electron chi connectivity index (χ4n) is 2.54. The van der Waals surface area contributed by atoms with E-state index in [0.717, 1.165) is 42.9 Å². The molecule has 0 bridgehead atoms. The van der Waals surface area contributed by atoms with Crippen LogP contribution in [0.15, 0.2) is 11.6 Å². The van der Waals surface area contributed by atoms with E-state index in [4.69, 9.17) is 10.00 Å². The summed E-state index contributed by atoms with van der Waals surface area (Å²) in [5.74, 6) is -1.45. The van der Waals surface area contributed by atoms with Crippen LogP contribution in [0, 0.1) is 25.2 Å². The van der Waals surface area contributed by atoms with Crippen LogP contribution >= 0.6 is 0 Å². The third-order valence-electron chi connectivity index (χ3n) is 3.66. The Bertz CT molecular complexity index is 587. The smallest absolute Gasteiger partial charge is 0.101 e. The minimum absolute atomic E-state index is 0.216. The molecule has 5 nitrogen and oxygen atoms in total. The molecule has 0 unspecified atom stereocenters. The molecule has 0 aliphatic carbocycles. The minimum Gasteiger partial charge on any atom is -0.544 e. The van der Waals surface area contributed by atoms with Gasteiger partial charge in [0, 0.05) is 24.5 Å². The molecule has 1 saturated heterocycles. The summed E-state index contributed by atoms with van der Waals surface area (Å²) in [6, 6.07) is 3.52. The first-order valence-electron chi connectivity index (χ1n) is 6.64. The van der Waals surface area contributed by atoms with Gasteiger partial charge in [-0.05, 0) is 44.4 Å². The summed E-state index contributed by atoms with van der Waals surface area (Å²) in [6.45, 7) is 5.45. The molecule has 1 fully saturated rings. The summed E-state index contributed by atoms with van der Waals surface area (Å²) in [5, 5.41) is 19.6. The van der Waals surface area contributed by atoms with Crippen LogP contribution in [0.5, 0.6) is 0 Å². The van der Waals surface area contributed by atoms with Crippen LogP contribution in [0.25, 0.3) is 6.08 Å². The number of carbonyl (C=O) groups is 1. The summed E-state index contributed by atoms with van der Waals surface area (Å²) >= 11 is 0. The second-order valence-corrected chi connectivity index (χ2v) is 5.03. The van der Waals surface area contributed by atoms with Gasteiger partial charge in [0.2, 0.25) is 0 Å². The van der Waals surface area contributed by atoms with Crippen LogP contribution in [-0.4, -0.2) is 23.2 Å². The van der Waals surface area contributed by atoms with Gasteiger partial charge < -0.3 is 19.2 Å². The Kier molecular flexibility index (Phi) is 4.26. The van der Waals surface area contributed by atoms with E-state index in [-0.39, 0.29) is 11.7 Å². The highest BCUT2D eigenvalue weighted by Gasteiger charge is 2.18. The number of carboxylic acid groups (broad SMARTS) is 1. The van der Waals surface area contributed by atoms with Gasteiger partial charge in [0.05, 0.1) is 17.6 Å². The van der Waals surface area contributed by atoms with E-state index in [0.29, 0.717) is 0 Å². The Morgan fingerprint density at radius 1 is 1.65 bits per heavy atom. The molecule has 1 aromatic rings. The first-order chi connectivity index (χ1) is 9.52. The van der Waals surface area contributed by atoms with Gasteiger partial charge in [0.15, 0.2) is 0 Å². The van der Waals surface area contributed by atoms with E-state index in [1.807, 2.05) is 19.9 Å². The van der Waals surface area contributed by atoms with Crippen LogP contribution in [0.3, 0.4) is 0 Å². The molecule has 0 saturated carbocycles. The van der Waals surface area contributed by atoms with Crippen molar-refractivity contribution < 1.29 is 14.6 Å². The Morgan fingerprint density at radius 2 is 2.40 bits per heavy atom. The maximum absolute atomic E-state index is 10.8. The number of hydrogen-bond acceptors (Lipinski definition) is 4. The topological polar surface area (TPSA) is 78.1 Å². The summed E-state index contributed by atoms with van der Waals surface area (Å²) in [7, 11) is 0. The van der Waals surface area contributed by atoms with Crippen molar-refractivity contribution in [3.63, 3.8) is 0 Å². The van der Waals surface area contributed by atoms with Gasteiger partial charge in [-0.15, -0.1) is 0 Å². The van der Waals surface area contributed by atoms with Crippen molar-refractivity contribution in [2.24, 2.45) is 0 Å². The molecule has 1 aromatic heterocycles. The highest BCUT2D eigenvalue weighted by Crippen LogP contribution is 2.21. The molecule has 0 amide bonds. The van der Waals surface area contributed by atoms with Gasteiger partial charge in [-0.25, -0.2) is 0 Å². The average molecular weight is 273 g/mol. The standard InChI is InChI=1S/C15H18N2O3/c1-10-6-12(7-13(8-16)15(18)19)11(2)17(10)9-14-4-3-5-20-14/h6-7,14H,3-5,9H2,1-2H3,(H,18,19)/p-1/b13-7+/t14-/m1/s1. The van der Waals surface area contributed by atoms with E-state index >= 15 is 0 Å². The van der Waals surface area contributed by atoms with Crippen molar-refractivity contribution in [3.8, 4) is 6.07 Å². The molecule has 20 heavy (non-hydrogen) atoms. The SMILES string of the molecule is Cc1cc(/C=C(\C#N)C(=O)[O-])c(C)n1C[C@H]1CCCO1. The lowest BCUT2D eigenvalue weighted by molar-refractivity contribution is -0.298. The van der Waals surface area contributed by atoms with Crippen molar-refractivity contribution in [2.75, 3.05) is 6.61 Å². The number of aryl methyl sites for hydroxylation is 1. The number of carbonyl (C=O) groups excluding carboxylic acids is 1. The van der Waals surface area contributed by atoms with Crippen LogP contribution in [0.1, 0.15) is 29.8 Å². The summed E-state index contributed by atoms with van der Waals surface area (Å²) in [6.07, 6.45) is 3.71. The molecule has 2 rings (SSSR count). The summed E-state index contributed by atoms with van der Waals surface area (Å²) in [4.78, 5) is 10.8. The molecule has 1 atom stereocenters. The van der Waals surface area contributed by atoms with Gasteiger partial charge in [-0.3, -0.25) is 0 Å². The zero-order valence-electron chi connectivity index (χ0n) is 11.7. The van der Waals surface area contributed by atoms with Gasteiger partial charge in [0.25, 0.3) is 0 Å². The Morgan fingerprint density at radius 3 is 2.95 bits per heavy atom. The third-order valence-corrected chi connectivity index (χ3v) is 3.66. The molecular formula is C15H17N2O3-. The number of carboxylic acids is 1. The maximum atomic E-state index is 10.8. The first kappa shape index (κ1) is 14.4. The lowest BCUT2D eigenvalue weighted by Gasteiger charge is -2.14. The van der Waals surface area contributed by atoms with Crippen LogP contribution < -0.4 is 5.11 Å². The largest absolute Gasteiger partial charge is 0.544 e. The molecular weight excluding hydrogens is 256 g/mol. The molecule has 0 spiro atoms. The Balaban J connectivity index is 2.28. The zero-order valence-corrected chi connectivity index (χ0v) is 11.7. The van der Waals surface area contributed by atoms with E-state index in [9.17, 15) is 9.90 Å². The van der Waals surface area contributed by atoms with Crippen molar-refractivity contribution >= 4 is 12.0 Å². The van der Waals surface area contributed by atoms with Crippen LogP contribution in [0.2, 0.25) is 0 Å². The number of hydrogen-bond donors (Lipinski definition) is 0.